The lowest BCUT2D eigenvalue weighted by Gasteiger charge is -2.42. The Balaban J connectivity index is 2.24. The van der Waals surface area contributed by atoms with Crippen molar-refractivity contribution >= 4 is 18.2 Å². The molecule has 29 heavy (non-hydrogen) atoms. The summed E-state index contributed by atoms with van der Waals surface area (Å²) >= 11 is 0. The molecule has 0 aliphatic heterocycles. The highest BCUT2D eigenvalue weighted by Gasteiger charge is 2.48. The first-order valence-electron chi connectivity index (χ1n) is 9.88. The summed E-state index contributed by atoms with van der Waals surface area (Å²) in [4.78, 5) is 0. The first-order chi connectivity index (χ1) is 13.4. The second kappa shape index (κ2) is 7.25. The summed E-state index contributed by atoms with van der Waals surface area (Å²) in [6, 6.07) is 14.3. The topological polar surface area (TPSA) is 40.5 Å². The van der Waals surface area contributed by atoms with Gasteiger partial charge in [-0.1, -0.05) is 59.7 Å². The van der Waals surface area contributed by atoms with Crippen molar-refractivity contribution in [2.45, 2.75) is 51.9 Å². The third kappa shape index (κ3) is 3.48. The van der Waals surface area contributed by atoms with E-state index in [-0.39, 0.29) is 10.3 Å². The van der Waals surface area contributed by atoms with E-state index in [1.165, 1.54) is 0 Å². The molecule has 0 saturated carbocycles. The molecule has 3 aromatic rings. The van der Waals surface area contributed by atoms with Gasteiger partial charge in [-0.25, -0.2) is 0 Å². The maximum absolute atomic E-state index is 14.5. The van der Waals surface area contributed by atoms with Crippen molar-refractivity contribution in [1.82, 2.24) is 4.34 Å². The van der Waals surface area contributed by atoms with Gasteiger partial charge in [0.15, 0.2) is 18.8 Å². The van der Waals surface area contributed by atoms with E-state index < -0.39 is 7.29 Å². The zero-order valence-corrected chi connectivity index (χ0v) is 19.6. The Labute approximate surface area is 174 Å². The zero-order valence-electron chi connectivity index (χ0n) is 18.7. The van der Waals surface area contributed by atoms with Gasteiger partial charge in [0.25, 0.3) is 0 Å². The standard InChI is InChI=1S/C24H32NO3P/c1-23(2,3)29(26,24(4,5)6)25-14-13-17-9-10-18(15-20(17)25)19-11-12-21(27-7)22(16-19)28-8/h9-16H,1-8H3. The van der Waals surface area contributed by atoms with E-state index in [0.29, 0.717) is 11.5 Å². The lowest BCUT2D eigenvalue weighted by molar-refractivity contribution is 0.355. The number of ether oxygens (including phenoxy) is 2. The lowest BCUT2D eigenvalue weighted by Crippen LogP contribution is -2.32. The summed E-state index contributed by atoms with van der Waals surface area (Å²) in [5, 5.41) is 0.357. The summed E-state index contributed by atoms with van der Waals surface area (Å²) in [5.74, 6) is 1.39. The minimum absolute atomic E-state index is 0.365. The van der Waals surface area contributed by atoms with E-state index in [2.05, 4.69) is 65.8 Å². The maximum atomic E-state index is 14.5. The van der Waals surface area contributed by atoms with Crippen LogP contribution in [0.5, 0.6) is 11.5 Å². The zero-order chi connectivity index (χ0) is 21.6. The molecule has 156 valence electrons. The SMILES string of the molecule is COc1ccc(-c2ccc3ccn(P(=O)(C(C)(C)C)C(C)(C)C)c3c2)cc1OC. The molecule has 0 spiro atoms. The van der Waals surface area contributed by atoms with Crippen LogP contribution in [0.4, 0.5) is 0 Å². The molecule has 3 rings (SSSR count). The van der Waals surface area contributed by atoms with Crippen molar-refractivity contribution < 1.29 is 14.0 Å². The molecular formula is C24H32NO3P. The molecule has 5 heteroatoms. The van der Waals surface area contributed by atoms with Crippen LogP contribution in [0.2, 0.25) is 0 Å². The Kier molecular flexibility index (Phi) is 5.38. The van der Waals surface area contributed by atoms with E-state index in [0.717, 1.165) is 22.0 Å². The summed E-state index contributed by atoms with van der Waals surface area (Å²) in [5.41, 5.74) is 3.07. The summed E-state index contributed by atoms with van der Waals surface area (Å²) in [6.07, 6.45) is 1.99. The number of aromatic nitrogens is 1. The molecule has 0 N–H and O–H groups in total. The van der Waals surface area contributed by atoms with Crippen LogP contribution in [0.25, 0.3) is 22.0 Å². The van der Waals surface area contributed by atoms with Gasteiger partial charge in [-0.3, -0.25) is 8.90 Å². The van der Waals surface area contributed by atoms with E-state index in [1.807, 2.05) is 28.7 Å². The highest BCUT2D eigenvalue weighted by atomic mass is 31.2. The Morgan fingerprint density at radius 2 is 1.31 bits per heavy atom. The summed E-state index contributed by atoms with van der Waals surface area (Å²) in [6.45, 7) is 12.4. The smallest absolute Gasteiger partial charge is 0.186 e. The number of hydrogen-bond donors (Lipinski definition) is 0. The maximum Gasteiger partial charge on any atom is 0.186 e. The first kappa shape index (κ1) is 21.5. The van der Waals surface area contributed by atoms with Crippen LogP contribution in [0, 0.1) is 0 Å². The Bertz CT molecular complexity index is 1070. The van der Waals surface area contributed by atoms with Gasteiger partial charge < -0.3 is 9.47 Å². The van der Waals surface area contributed by atoms with Crippen molar-refractivity contribution in [3.63, 3.8) is 0 Å². The molecular weight excluding hydrogens is 381 g/mol. The molecule has 0 unspecified atom stereocenters. The van der Waals surface area contributed by atoms with Gasteiger partial charge in [-0.05, 0) is 40.8 Å². The number of nitrogens with zero attached hydrogens (tertiary/aromatic N) is 1. The quantitative estimate of drug-likeness (QED) is 0.430. The lowest BCUT2D eigenvalue weighted by atomic mass is 10.0. The molecule has 0 radical (unpaired) electrons. The predicted octanol–water partition coefficient (Wildman–Crippen LogP) is 7.05. The molecule has 0 aliphatic rings. The third-order valence-corrected chi connectivity index (χ3v) is 10.1. The molecule has 0 fully saturated rings. The normalized spacial score (nSPS) is 13.0. The Hall–Kier alpha value is -2.19. The van der Waals surface area contributed by atoms with Gasteiger partial charge in [0, 0.05) is 16.5 Å². The van der Waals surface area contributed by atoms with Crippen molar-refractivity contribution in [2.75, 3.05) is 14.2 Å². The second-order valence-corrected chi connectivity index (χ2v) is 13.7. The third-order valence-electron chi connectivity index (χ3n) is 5.51. The van der Waals surface area contributed by atoms with Crippen LogP contribution in [-0.4, -0.2) is 28.9 Å². The van der Waals surface area contributed by atoms with Gasteiger partial charge in [0.1, 0.15) is 0 Å². The van der Waals surface area contributed by atoms with E-state index in [1.54, 1.807) is 14.2 Å². The number of rotatable bonds is 4. The average molecular weight is 413 g/mol. The first-order valence-corrected chi connectivity index (χ1v) is 11.5. The number of hydrogen-bond acceptors (Lipinski definition) is 3. The van der Waals surface area contributed by atoms with Crippen LogP contribution in [0.3, 0.4) is 0 Å². The average Bonchev–Trinajstić information content (AvgIpc) is 3.08. The van der Waals surface area contributed by atoms with Crippen molar-refractivity contribution in [1.29, 1.82) is 0 Å². The molecule has 0 bridgehead atoms. The number of methoxy groups -OCH3 is 2. The number of benzene rings is 2. The second-order valence-electron chi connectivity index (χ2n) is 9.42. The van der Waals surface area contributed by atoms with Crippen LogP contribution in [-0.2, 0) is 4.57 Å². The molecule has 4 nitrogen and oxygen atoms in total. The molecule has 1 heterocycles. The van der Waals surface area contributed by atoms with Crippen molar-refractivity contribution in [3.05, 3.63) is 48.7 Å². The minimum atomic E-state index is -2.80. The number of fused-ring (bicyclic) bond motifs is 1. The summed E-state index contributed by atoms with van der Waals surface area (Å²) in [7, 11) is 0.465. The predicted molar refractivity (Wildman–Crippen MR) is 123 cm³/mol. The molecule has 0 aliphatic carbocycles. The van der Waals surface area contributed by atoms with Crippen LogP contribution >= 0.6 is 7.29 Å². The Morgan fingerprint density at radius 1 is 0.759 bits per heavy atom. The minimum Gasteiger partial charge on any atom is -0.493 e. The van der Waals surface area contributed by atoms with Crippen molar-refractivity contribution in [3.8, 4) is 22.6 Å². The van der Waals surface area contributed by atoms with Gasteiger partial charge in [0.05, 0.1) is 19.7 Å². The fourth-order valence-electron chi connectivity index (χ4n) is 4.21. The highest BCUT2D eigenvalue weighted by Crippen LogP contribution is 2.68. The van der Waals surface area contributed by atoms with E-state index in [4.69, 9.17) is 9.47 Å². The molecule has 0 saturated heterocycles. The fourth-order valence-corrected chi connectivity index (χ4v) is 8.24. The highest BCUT2D eigenvalue weighted by molar-refractivity contribution is 7.65. The monoisotopic (exact) mass is 413 g/mol. The van der Waals surface area contributed by atoms with Crippen LogP contribution in [0.15, 0.2) is 48.7 Å². The molecule has 0 amide bonds. The van der Waals surface area contributed by atoms with Crippen LogP contribution in [0.1, 0.15) is 41.5 Å². The Morgan fingerprint density at radius 3 is 1.86 bits per heavy atom. The van der Waals surface area contributed by atoms with Crippen LogP contribution < -0.4 is 9.47 Å². The molecule has 2 aromatic carbocycles. The van der Waals surface area contributed by atoms with Crippen molar-refractivity contribution in [2.24, 2.45) is 0 Å². The van der Waals surface area contributed by atoms with E-state index >= 15 is 0 Å². The van der Waals surface area contributed by atoms with Gasteiger partial charge in [0.2, 0.25) is 0 Å². The van der Waals surface area contributed by atoms with Gasteiger partial charge in [-0.2, -0.15) is 0 Å². The van der Waals surface area contributed by atoms with Gasteiger partial charge in [-0.15, -0.1) is 0 Å². The molecule has 0 atom stereocenters. The van der Waals surface area contributed by atoms with E-state index in [9.17, 15) is 4.57 Å². The largest absolute Gasteiger partial charge is 0.493 e. The van der Waals surface area contributed by atoms with Gasteiger partial charge >= 0.3 is 0 Å². The summed E-state index contributed by atoms with van der Waals surface area (Å²) < 4.78 is 27.3. The fraction of sp³-hybridized carbons (Fsp3) is 0.417. The molecule has 1 aromatic heterocycles.